The highest BCUT2D eigenvalue weighted by atomic mass is 19.1. The van der Waals surface area contributed by atoms with Gasteiger partial charge in [-0.25, -0.2) is 4.39 Å². The molecule has 1 unspecified atom stereocenters. The van der Waals surface area contributed by atoms with Crippen LogP contribution in [0.15, 0.2) is 48.5 Å². The van der Waals surface area contributed by atoms with Crippen LogP contribution in [0.1, 0.15) is 27.5 Å². The van der Waals surface area contributed by atoms with E-state index >= 15 is 0 Å². The predicted molar refractivity (Wildman–Crippen MR) is 68.8 cm³/mol. The molecular weight excluding hydrogens is 229 g/mol. The molecule has 0 saturated carbocycles. The second-order valence-corrected chi connectivity index (χ2v) is 4.27. The zero-order valence-electron chi connectivity index (χ0n) is 10.1. The number of halogens is 1. The van der Waals surface area contributed by atoms with Gasteiger partial charge in [0.1, 0.15) is 5.82 Å². The van der Waals surface area contributed by atoms with Crippen molar-refractivity contribution in [2.75, 3.05) is 0 Å². The van der Waals surface area contributed by atoms with Crippen molar-refractivity contribution >= 4 is 5.78 Å². The van der Waals surface area contributed by atoms with E-state index in [0.29, 0.717) is 11.1 Å². The first-order chi connectivity index (χ1) is 8.58. The van der Waals surface area contributed by atoms with Crippen molar-refractivity contribution in [1.29, 1.82) is 0 Å². The van der Waals surface area contributed by atoms with Crippen LogP contribution in [0.25, 0.3) is 0 Å². The van der Waals surface area contributed by atoms with Crippen LogP contribution < -0.4 is 5.73 Å². The van der Waals surface area contributed by atoms with Gasteiger partial charge in [-0.3, -0.25) is 4.79 Å². The van der Waals surface area contributed by atoms with E-state index in [-0.39, 0.29) is 5.78 Å². The summed E-state index contributed by atoms with van der Waals surface area (Å²) in [4.78, 5) is 12.2. The predicted octanol–water partition coefficient (Wildman–Crippen LogP) is 3.02. The summed E-state index contributed by atoms with van der Waals surface area (Å²) >= 11 is 0. The number of Topliss-reactive ketones (excluding diaryl/α,β-unsaturated/α-hetero) is 1. The Morgan fingerprint density at radius 2 is 1.83 bits per heavy atom. The van der Waals surface area contributed by atoms with Crippen molar-refractivity contribution < 1.29 is 9.18 Å². The first-order valence-corrected chi connectivity index (χ1v) is 5.70. The highest BCUT2D eigenvalue weighted by Crippen LogP contribution is 2.17. The summed E-state index contributed by atoms with van der Waals surface area (Å²) in [5, 5.41) is 0. The number of aryl methyl sites for hydroxylation is 1. The van der Waals surface area contributed by atoms with Crippen molar-refractivity contribution in [1.82, 2.24) is 0 Å². The summed E-state index contributed by atoms with van der Waals surface area (Å²) in [5.41, 5.74) is 7.64. The van der Waals surface area contributed by atoms with Crippen LogP contribution in [0.5, 0.6) is 0 Å². The molecule has 2 aromatic carbocycles. The fourth-order valence-electron chi connectivity index (χ4n) is 1.87. The Hall–Kier alpha value is -2.00. The lowest BCUT2D eigenvalue weighted by molar-refractivity contribution is 0.0961. The number of hydrogen-bond acceptors (Lipinski definition) is 2. The van der Waals surface area contributed by atoms with Gasteiger partial charge in [0.25, 0.3) is 0 Å². The molecule has 2 nitrogen and oxygen atoms in total. The molecule has 2 aromatic rings. The van der Waals surface area contributed by atoms with Gasteiger partial charge in [-0.1, -0.05) is 30.3 Å². The van der Waals surface area contributed by atoms with Crippen molar-refractivity contribution in [2.45, 2.75) is 13.0 Å². The van der Waals surface area contributed by atoms with Gasteiger partial charge in [0, 0.05) is 5.56 Å². The van der Waals surface area contributed by atoms with Crippen molar-refractivity contribution in [3.63, 3.8) is 0 Å². The second kappa shape index (κ2) is 5.10. The molecule has 0 bridgehead atoms. The van der Waals surface area contributed by atoms with Gasteiger partial charge in [-0.2, -0.15) is 0 Å². The van der Waals surface area contributed by atoms with Crippen LogP contribution >= 0.6 is 0 Å². The molecule has 0 aliphatic heterocycles. The Balaban J connectivity index is 2.31. The lowest BCUT2D eigenvalue weighted by Gasteiger charge is -2.11. The van der Waals surface area contributed by atoms with Gasteiger partial charge in [0.15, 0.2) is 5.78 Å². The maximum atomic E-state index is 13.3. The Kier molecular flexibility index (Phi) is 3.53. The summed E-state index contributed by atoms with van der Waals surface area (Å²) in [5.74, 6) is -0.692. The van der Waals surface area contributed by atoms with E-state index in [1.165, 1.54) is 12.1 Å². The number of ketones is 1. The smallest absolute Gasteiger partial charge is 0.184 e. The molecule has 0 aromatic heterocycles. The van der Waals surface area contributed by atoms with Gasteiger partial charge in [0.2, 0.25) is 0 Å². The summed E-state index contributed by atoms with van der Waals surface area (Å²) < 4.78 is 13.3. The minimum Gasteiger partial charge on any atom is -0.318 e. The van der Waals surface area contributed by atoms with Crippen LogP contribution in [0.4, 0.5) is 4.39 Å². The summed E-state index contributed by atoms with van der Waals surface area (Å²) in [6.07, 6.45) is 0. The van der Waals surface area contributed by atoms with Crippen LogP contribution in [0, 0.1) is 12.7 Å². The highest BCUT2D eigenvalue weighted by molar-refractivity contribution is 6.00. The molecule has 0 aliphatic carbocycles. The normalized spacial score (nSPS) is 12.2. The fraction of sp³-hybridized carbons (Fsp3) is 0.133. The van der Waals surface area contributed by atoms with Gasteiger partial charge in [-0.05, 0) is 36.2 Å². The average molecular weight is 243 g/mol. The molecule has 3 heteroatoms. The Labute approximate surface area is 105 Å². The van der Waals surface area contributed by atoms with Crippen molar-refractivity contribution in [3.05, 3.63) is 71.0 Å². The number of rotatable bonds is 3. The quantitative estimate of drug-likeness (QED) is 0.842. The van der Waals surface area contributed by atoms with Crippen LogP contribution in [-0.2, 0) is 0 Å². The SMILES string of the molecule is Cc1cc(F)cc(C(=O)C(N)c2ccccc2)c1. The maximum absolute atomic E-state index is 13.3. The average Bonchev–Trinajstić information content (AvgIpc) is 2.37. The maximum Gasteiger partial charge on any atom is 0.184 e. The number of carbonyl (C=O) groups excluding carboxylic acids is 1. The minimum atomic E-state index is -0.757. The molecule has 1 atom stereocenters. The molecule has 0 amide bonds. The second-order valence-electron chi connectivity index (χ2n) is 4.27. The first-order valence-electron chi connectivity index (χ1n) is 5.70. The molecule has 92 valence electrons. The monoisotopic (exact) mass is 243 g/mol. The molecule has 0 spiro atoms. The molecule has 0 fully saturated rings. The number of benzene rings is 2. The molecular formula is C15H14FNO. The fourth-order valence-corrected chi connectivity index (χ4v) is 1.87. The summed E-state index contributed by atoms with van der Waals surface area (Å²) in [7, 11) is 0. The molecule has 2 N–H and O–H groups in total. The van der Waals surface area contributed by atoms with Crippen molar-refractivity contribution in [2.24, 2.45) is 5.73 Å². The van der Waals surface area contributed by atoms with E-state index in [4.69, 9.17) is 5.73 Å². The third-order valence-corrected chi connectivity index (χ3v) is 2.77. The third kappa shape index (κ3) is 2.63. The van der Waals surface area contributed by atoms with Gasteiger partial charge < -0.3 is 5.73 Å². The standard InChI is InChI=1S/C15H14FNO/c1-10-7-12(9-13(16)8-10)15(18)14(17)11-5-3-2-4-6-11/h2-9,14H,17H2,1H3. The van der Waals surface area contributed by atoms with E-state index in [1.807, 2.05) is 18.2 Å². The molecule has 0 aliphatic rings. The Morgan fingerprint density at radius 3 is 2.44 bits per heavy atom. The molecule has 0 heterocycles. The summed E-state index contributed by atoms with van der Waals surface area (Å²) in [6.45, 7) is 1.74. The zero-order chi connectivity index (χ0) is 13.1. The topological polar surface area (TPSA) is 43.1 Å². The van der Waals surface area contributed by atoms with Gasteiger partial charge >= 0.3 is 0 Å². The molecule has 18 heavy (non-hydrogen) atoms. The van der Waals surface area contributed by atoms with Crippen LogP contribution in [0.2, 0.25) is 0 Å². The largest absolute Gasteiger partial charge is 0.318 e. The van der Waals surface area contributed by atoms with E-state index in [0.717, 1.165) is 5.56 Å². The van der Waals surface area contributed by atoms with Gasteiger partial charge in [-0.15, -0.1) is 0 Å². The van der Waals surface area contributed by atoms with Gasteiger partial charge in [0.05, 0.1) is 6.04 Å². The lowest BCUT2D eigenvalue weighted by Crippen LogP contribution is -2.21. The Bertz CT molecular complexity index is 546. The van der Waals surface area contributed by atoms with E-state index in [9.17, 15) is 9.18 Å². The molecule has 2 rings (SSSR count). The van der Waals surface area contributed by atoms with E-state index < -0.39 is 11.9 Å². The van der Waals surface area contributed by atoms with E-state index in [2.05, 4.69) is 0 Å². The summed E-state index contributed by atoms with van der Waals surface area (Å²) in [6, 6.07) is 12.6. The minimum absolute atomic E-state index is 0.274. The highest BCUT2D eigenvalue weighted by Gasteiger charge is 2.18. The lowest BCUT2D eigenvalue weighted by atomic mass is 9.97. The zero-order valence-corrected chi connectivity index (χ0v) is 10.1. The number of nitrogens with two attached hydrogens (primary N) is 1. The Morgan fingerprint density at radius 1 is 1.17 bits per heavy atom. The number of hydrogen-bond donors (Lipinski definition) is 1. The van der Waals surface area contributed by atoms with Crippen LogP contribution in [0.3, 0.4) is 0 Å². The first kappa shape index (κ1) is 12.5. The molecule has 0 saturated heterocycles. The van der Waals surface area contributed by atoms with Crippen molar-refractivity contribution in [3.8, 4) is 0 Å². The van der Waals surface area contributed by atoms with E-state index in [1.54, 1.807) is 25.1 Å². The molecule has 0 radical (unpaired) electrons. The van der Waals surface area contributed by atoms with Crippen LogP contribution in [-0.4, -0.2) is 5.78 Å². The number of carbonyl (C=O) groups is 1. The third-order valence-electron chi connectivity index (χ3n) is 2.77.